The highest BCUT2D eigenvalue weighted by atomic mass is 16.5. The Labute approximate surface area is 170 Å². The zero-order valence-corrected chi connectivity index (χ0v) is 17.0. The molecule has 0 aromatic heterocycles. The first-order chi connectivity index (χ1) is 14.0. The second-order valence-corrected chi connectivity index (χ2v) is 8.48. The minimum atomic E-state index is -0.705. The number of ether oxygens (including phenoxy) is 1. The molecule has 4 heteroatoms. The zero-order chi connectivity index (χ0) is 20.2. The van der Waals surface area contributed by atoms with Crippen LogP contribution in [-0.2, 0) is 5.41 Å². The molecule has 0 saturated carbocycles. The second kappa shape index (κ2) is 6.18. The van der Waals surface area contributed by atoms with E-state index in [2.05, 4.69) is 97.6 Å². The third-order valence-electron chi connectivity index (χ3n) is 6.50. The van der Waals surface area contributed by atoms with Crippen LogP contribution in [0, 0.1) is 11.8 Å². The van der Waals surface area contributed by atoms with Gasteiger partial charge in [0.1, 0.15) is 5.75 Å². The van der Waals surface area contributed by atoms with E-state index in [1.807, 2.05) is 0 Å². The molecule has 0 N–H and O–H groups in total. The molecule has 0 amide bonds. The minimum absolute atomic E-state index is 0.215. The van der Waals surface area contributed by atoms with Crippen molar-refractivity contribution in [3.05, 3.63) is 82.3 Å². The molecule has 4 nitrogen and oxygen atoms in total. The summed E-state index contributed by atoms with van der Waals surface area (Å²) in [6, 6.07) is 19.0. The van der Waals surface area contributed by atoms with Gasteiger partial charge in [0.2, 0.25) is 5.72 Å². The summed E-state index contributed by atoms with van der Waals surface area (Å²) in [5.74, 6) is 0.868. The van der Waals surface area contributed by atoms with E-state index in [-0.39, 0.29) is 12.0 Å². The topological polar surface area (TPSA) is 41.9 Å². The van der Waals surface area contributed by atoms with Gasteiger partial charge >= 0.3 is 0 Å². The van der Waals surface area contributed by atoms with Crippen LogP contribution in [0.25, 0.3) is 16.8 Å². The number of anilines is 1. The highest BCUT2D eigenvalue weighted by Gasteiger charge is 2.58. The van der Waals surface area contributed by atoms with Crippen molar-refractivity contribution in [3.63, 3.8) is 0 Å². The number of nitrogens with zero attached hydrogens (tertiary/aromatic N) is 2. The van der Waals surface area contributed by atoms with Crippen LogP contribution in [0.5, 0.6) is 5.75 Å². The molecule has 0 bridgehead atoms. The maximum atomic E-state index is 11.0. The van der Waals surface area contributed by atoms with Crippen molar-refractivity contribution in [3.8, 4) is 5.75 Å². The molecule has 1 spiro atoms. The van der Waals surface area contributed by atoms with Crippen LogP contribution >= 0.6 is 0 Å². The molecule has 0 radical (unpaired) electrons. The Kier molecular flexibility index (Phi) is 3.82. The summed E-state index contributed by atoms with van der Waals surface area (Å²) in [5, 5.41) is 5.51. The normalized spacial score (nSPS) is 21.1. The maximum Gasteiger partial charge on any atom is 0.212 e. The van der Waals surface area contributed by atoms with Gasteiger partial charge in [-0.3, -0.25) is 0 Å². The van der Waals surface area contributed by atoms with E-state index < -0.39 is 5.72 Å². The van der Waals surface area contributed by atoms with E-state index >= 15 is 0 Å². The van der Waals surface area contributed by atoms with Crippen LogP contribution in [0.4, 0.5) is 5.69 Å². The summed E-state index contributed by atoms with van der Waals surface area (Å²) in [4.78, 5) is 13.2. The highest BCUT2D eigenvalue weighted by Crippen LogP contribution is 2.55. The van der Waals surface area contributed by atoms with E-state index in [1.165, 1.54) is 21.9 Å². The van der Waals surface area contributed by atoms with Crippen molar-refractivity contribution in [2.75, 3.05) is 18.0 Å². The van der Waals surface area contributed by atoms with E-state index in [9.17, 15) is 4.91 Å². The molecule has 3 aromatic carbocycles. The average molecular weight is 384 g/mol. The van der Waals surface area contributed by atoms with Gasteiger partial charge in [0.25, 0.3) is 0 Å². The summed E-state index contributed by atoms with van der Waals surface area (Å²) in [6.45, 7) is 7.27. The zero-order valence-electron chi connectivity index (χ0n) is 17.0. The molecule has 1 atom stereocenters. The Morgan fingerprint density at radius 2 is 1.90 bits per heavy atom. The molecular weight excluding hydrogens is 360 g/mol. The van der Waals surface area contributed by atoms with Gasteiger partial charge in [-0.2, -0.15) is 4.91 Å². The molecule has 2 aliphatic heterocycles. The lowest BCUT2D eigenvalue weighted by atomic mass is 9.76. The van der Waals surface area contributed by atoms with Crippen molar-refractivity contribution in [2.45, 2.75) is 31.9 Å². The van der Waals surface area contributed by atoms with E-state index in [1.54, 1.807) is 0 Å². The third-order valence-corrected chi connectivity index (χ3v) is 6.50. The second-order valence-electron chi connectivity index (χ2n) is 8.48. The summed E-state index contributed by atoms with van der Waals surface area (Å²) in [5.41, 5.74) is 3.65. The van der Waals surface area contributed by atoms with Gasteiger partial charge in [0, 0.05) is 17.8 Å². The van der Waals surface area contributed by atoms with Crippen molar-refractivity contribution < 1.29 is 4.74 Å². The smallest absolute Gasteiger partial charge is 0.212 e. The number of benzene rings is 3. The maximum absolute atomic E-state index is 11.0. The first kappa shape index (κ1) is 17.9. The lowest BCUT2D eigenvalue weighted by molar-refractivity contribution is 0.0542. The summed E-state index contributed by atoms with van der Waals surface area (Å²) < 4.78 is 6.83. The number of hydrogen-bond donors (Lipinski definition) is 0. The number of rotatable bonds is 3. The van der Waals surface area contributed by atoms with E-state index in [0.717, 1.165) is 17.0 Å². The molecule has 29 heavy (non-hydrogen) atoms. The lowest BCUT2D eigenvalue weighted by Crippen LogP contribution is -2.60. The number of nitroso groups, excluding NO2 is 1. The molecule has 3 aromatic rings. The average Bonchev–Trinajstić information content (AvgIpc) is 2.90. The standard InChI is InChI=1S/C25H24N2O2/c1-17-8-10-22-21(16-17)24(2,3)25(27(22)15-14-26-28)13-12-20-19-7-5-4-6-18(19)9-11-23(20)29-25/h4-13,16H,14-15H2,1-3H3. The monoisotopic (exact) mass is 384 g/mol. The first-order valence-corrected chi connectivity index (χ1v) is 10.1. The predicted octanol–water partition coefficient (Wildman–Crippen LogP) is 5.81. The van der Waals surface area contributed by atoms with Crippen LogP contribution in [-0.4, -0.2) is 18.8 Å². The Balaban J connectivity index is 1.70. The molecule has 2 aliphatic rings. The Morgan fingerprint density at radius 3 is 2.72 bits per heavy atom. The van der Waals surface area contributed by atoms with Gasteiger partial charge in [0.15, 0.2) is 0 Å². The lowest BCUT2D eigenvalue weighted by Gasteiger charge is -2.47. The third kappa shape index (κ3) is 2.38. The van der Waals surface area contributed by atoms with E-state index in [0.29, 0.717) is 6.54 Å². The fraction of sp³-hybridized carbons (Fsp3) is 0.280. The fourth-order valence-electron chi connectivity index (χ4n) is 4.94. The molecule has 0 fully saturated rings. The molecule has 2 heterocycles. The van der Waals surface area contributed by atoms with Crippen LogP contribution in [0.2, 0.25) is 0 Å². The van der Waals surface area contributed by atoms with Crippen LogP contribution in [0.1, 0.15) is 30.5 Å². The number of hydrogen-bond acceptors (Lipinski definition) is 4. The summed E-state index contributed by atoms with van der Waals surface area (Å²) in [7, 11) is 0. The van der Waals surface area contributed by atoms with Crippen LogP contribution < -0.4 is 9.64 Å². The number of fused-ring (bicyclic) bond motifs is 4. The van der Waals surface area contributed by atoms with Gasteiger partial charge in [-0.15, -0.1) is 0 Å². The number of aryl methyl sites for hydroxylation is 1. The SMILES string of the molecule is Cc1ccc2c(c1)C(C)(C)C1(C=Cc3c(ccc4ccccc34)O1)N2CCN=O. The summed E-state index contributed by atoms with van der Waals surface area (Å²) >= 11 is 0. The van der Waals surface area contributed by atoms with Crippen LogP contribution in [0.15, 0.2) is 65.9 Å². The summed E-state index contributed by atoms with van der Waals surface area (Å²) in [6.07, 6.45) is 4.35. The molecule has 0 aliphatic carbocycles. The fourth-order valence-corrected chi connectivity index (χ4v) is 4.94. The minimum Gasteiger partial charge on any atom is -0.463 e. The quantitative estimate of drug-likeness (QED) is 0.535. The van der Waals surface area contributed by atoms with Crippen molar-refractivity contribution >= 4 is 22.5 Å². The highest BCUT2D eigenvalue weighted by molar-refractivity contribution is 5.94. The molecular formula is C25H24N2O2. The Morgan fingerprint density at radius 1 is 1.07 bits per heavy atom. The largest absolute Gasteiger partial charge is 0.463 e. The van der Waals surface area contributed by atoms with Gasteiger partial charge in [-0.05, 0) is 61.4 Å². The molecule has 1 unspecified atom stereocenters. The van der Waals surface area contributed by atoms with Crippen LogP contribution in [0.3, 0.4) is 0 Å². The van der Waals surface area contributed by atoms with E-state index in [4.69, 9.17) is 4.74 Å². The van der Waals surface area contributed by atoms with Crippen molar-refractivity contribution in [2.24, 2.45) is 5.18 Å². The first-order valence-electron chi connectivity index (χ1n) is 10.1. The Hall–Kier alpha value is -3.14. The predicted molar refractivity (Wildman–Crippen MR) is 119 cm³/mol. The molecule has 0 saturated heterocycles. The molecule has 146 valence electrons. The van der Waals surface area contributed by atoms with Gasteiger partial charge < -0.3 is 9.64 Å². The van der Waals surface area contributed by atoms with Crippen molar-refractivity contribution in [1.29, 1.82) is 0 Å². The van der Waals surface area contributed by atoms with Gasteiger partial charge in [0.05, 0.1) is 12.0 Å². The Bertz CT molecular complexity index is 1160. The van der Waals surface area contributed by atoms with Gasteiger partial charge in [-0.1, -0.05) is 53.2 Å². The van der Waals surface area contributed by atoms with Gasteiger partial charge in [-0.25, -0.2) is 0 Å². The molecule has 5 rings (SSSR count). The van der Waals surface area contributed by atoms with Crippen molar-refractivity contribution in [1.82, 2.24) is 0 Å².